The van der Waals surface area contributed by atoms with E-state index in [1.807, 2.05) is 54.2 Å². The summed E-state index contributed by atoms with van der Waals surface area (Å²) in [4.78, 5) is 17.3. The molecule has 0 spiro atoms. The Morgan fingerprint density at radius 3 is 2.96 bits per heavy atom. The van der Waals surface area contributed by atoms with Gasteiger partial charge in [-0.15, -0.1) is 0 Å². The Labute approximate surface area is 151 Å². The number of aliphatic hydroxyl groups excluding tert-OH is 1. The Hall–Kier alpha value is -2.73. The Balaban J connectivity index is 1.47. The number of aryl methyl sites for hydroxylation is 1. The molecule has 2 N–H and O–H groups in total. The third kappa shape index (κ3) is 3.32. The van der Waals surface area contributed by atoms with E-state index in [-0.39, 0.29) is 11.9 Å². The van der Waals surface area contributed by atoms with Gasteiger partial charge in [0, 0.05) is 24.3 Å². The lowest BCUT2D eigenvalue weighted by Crippen LogP contribution is -2.40. The maximum atomic E-state index is 12.8. The van der Waals surface area contributed by atoms with Gasteiger partial charge in [0.05, 0.1) is 28.9 Å². The van der Waals surface area contributed by atoms with Gasteiger partial charge in [0.15, 0.2) is 0 Å². The molecule has 0 radical (unpaired) electrons. The van der Waals surface area contributed by atoms with Gasteiger partial charge in [-0.1, -0.05) is 18.2 Å². The zero-order valence-electron chi connectivity index (χ0n) is 14.7. The van der Waals surface area contributed by atoms with Gasteiger partial charge >= 0.3 is 0 Å². The topological polar surface area (TPSA) is 80.0 Å². The highest BCUT2D eigenvalue weighted by atomic mass is 16.3. The monoisotopic (exact) mass is 350 g/mol. The number of hydrogen-bond donors (Lipinski definition) is 2. The van der Waals surface area contributed by atoms with Crippen LogP contribution in [0.2, 0.25) is 0 Å². The molecule has 6 heteroatoms. The fourth-order valence-corrected chi connectivity index (χ4v) is 3.78. The van der Waals surface area contributed by atoms with Crippen molar-refractivity contribution in [2.75, 3.05) is 0 Å². The lowest BCUT2D eigenvalue weighted by atomic mass is 10.1. The van der Waals surface area contributed by atoms with Gasteiger partial charge in [0.25, 0.3) is 5.91 Å². The Morgan fingerprint density at radius 1 is 1.31 bits per heavy atom. The van der Waals surface area contributed by atoms with E-state index < -0.39 is 6.10 Å². The summed E-state index contributed by atoms with van der Waals surface area (Å²) >= 11 is 0. The van der Waals surface area contributed by atoms with Crippen LogP contribution in [0.4, 0.5) is 0 Å². The van der Waals surface area contributed by atoms with Crippen LogP contribution < -0.4 is 5.32 Å². The minimum absolute atomic E-state index is 0.176. The van der Waals surface area contributed by atoms with Gasteiger partial charge in [-0.2, -0.15) is 5.10 Å². The van der Waals surface area contributed by atoms with Crippen LogP contribution in [0.5, 0.6) is 0 Å². The van der Waals surface area contributed by atoms with E-state index in [1.54, 1.807) is 6.20 Å². The summed E-state index contributed by atoms with van der Waals surface area (Å²) in [5.74, 6) is 0.121. The highest BCUT2D eigenvalue weighted by Gasteiger charge is 2.34. The van der Waals surface area contributed by atoms with Crippen molar-refractivity contribution >= 4 is 16.8 Å². The fourth-order valence-electron chi connectivity index (χ4n) is 3.78. The molecule has 3 aromatic rings. The number of aliphatic hydroxyl groups is 1. The van der Waals surface area contributed by atoms with E-state index in [9.17, 15) is 9.90 Å². The molecule has 1 saturated carbocycles. The van der Waals surface area contributed by atoms with Crippen LogP contribution in [0.25, 0.3) is 10.9 Å². The number of amides is 1. The number of rotatable bonds is 4. The predicted molar refractivity (Wildman–Crippen MR) is 98.7 cm³/mol. The zero-order valence-corrected chi connectivity index (χ0v) is 14.7. The van der Waals surface area contributed by atoms with Crippen LogP contribution in [0.3, 0.4) is 0 Å². The molecular formula is C20H22N4O2. The summed E-state index contributed by atoms with van der Waals surface area (Å²) in [7, 11) is 0. The van der Waals surface area contributed by atoms with Crippen LogP contribution in [0, 0.1) is 12.8 Å². The molecule has 1 aliphatic rings. The molecule has 1 aliphatic carbocycles. The number of hydrogen-bond acceptors (Lipinski definition) is 4. The van der Waals surface area contributed by atoms with Crippen LogP contribution in [0.1, 0.15) is 28.9 Å². The molecule has 1 fully saturated rings. The molecule has 3 atom stereocenters. The number of carbonyl (C=O) groups excluding carboxylic acids is 1. The van der Waals surface area contributed by atoms with Gasteiger partial charge < -0.3 is 10.4 Å². The maximum Gasteiger partial charge on any atom is 0.253 e. The van der Waals surface area contributed by atoms with Crippen molar-refractivity contribution in [3.8, 4) is 0 Å². The molecule has 2 heterocycles. The quantitative estimate of drug-likeness (QED) is 0.757. The molecule has 0 bridgehead atoms. The summed E-state index contributed by atoms with van der Waals surface area (Å²) < 4.78 is 1.87. The van der Waals surface area contributed by atoms with Crippen molar-refractivity contribution in [2.45, 2.75) is 38.5 Å². The number of nitrogens with zero attached hydrogens (tertiary/aromatic N) is 3. The smallest absolute Gasteiger partial charge is 0.253 e. The average Bonchev–Trinajstić information content (AvgIpc) is 3.24. The molecule has 1 aromatic carbocycles. The van der Waals surface area contributed by atoms with Crippen molar-refractivity contribution < 1.29 is 9.90 Å². The van der Waals surface area contributed by atoms with Crippen molar-refractivity contribution in [3.63, 3.8) is 0 Å². The van der Waals surface area contributed by atoms with E-state index >= 15 is 0 Å². The first-order valence-corrected chi connectivity index (χ1v) is 8.93. The lowest BCUT2D eigenvalue weighted by molar-refractivity contribution is 0.0872. The molecule has 26 heavy (non-hydrogen) atoms. The summed E-state index contributed by atoms with van der Waals surface area (Å²) in [5, 5.41) is 18.5. The Morgan fingerprint density at radius 2 is 2.15 bits per heavy atom. The molecule has 2 aromatic heterocycles. The number of fused-ring (bicyclic) bond motifs is 1. The molecule has 1 unspecified atom stereocenters. The second-order valence-corrected chi connectivity index (χ2v) is 7.03. The third-order valence-electron chi connectivity index (χ3n) is 5.11. The van der Waals surface area contributed by atoms with Crippen molar-refractivity contribution in [1.29, 1.82) is 0 Å². The zero-order chi connectivity index (χ0) is 18.1. The van der Waals surface area contributed by atoms with Gasteiger partial charge in [-0.05, 0) is 43.9 Å². The molecule has 6 nitrogen and oxygen atoms in total. The second-order valence-electron chi connectivity index (χ2n) is 7.03. The minimum atomic E-state index is -0.534. The molecule has 1 amide bonds. The minimum Gasteiger partial charge on any atom is -0.391 e. The van der Waals surface area contributed by atoms with E-state index in [4.69, 9.17) is 0 Å². The highest BCUT2D eigenvalue weighted by molar-refractivity contribution is 5.98. The Kier molecular flexibility index (Phi) is 4.42. The fraction of sp³-hybridized carbons (Fsp3) is 0.350. The van der Waals surface area contributed by atoms with E-state index in [0.717, 1.165) is 23.9 Å². The standard InChI is InChI=1S/C20H22N4O2/c1-13-16(11-15-5-2-3-6-17(15)22-13)20(26)23-18-9-14(10-19(18)25)12-24-8-4-7-21-24/h2-8,11,14,18-19,25H,9-10,12H2,1H3,(H,23,26)/t14?,18-,19-/m1/s1. The number of para-hydroxylation sites is 1. The number of pyridine rings is 1. The van der Waals surface area contributed by atoms with Crippen molar-refractivity contribution in [3.05, 3.63) is 60.0 Å². The number of aromatic nitrogens is 3. The van der Waals surface area contributed by atoms with Crippen LogP contribution in [-0.4, -0.2) is 37.9 Å². The third-order valence-corrected chi connectivity index (χ3v) is 5.11. The molecule has 4 rings (SSSR count). The second kappa shape index (κ2) is 6.88. The number of nitrogens with one attached hydrogen (secondary N) is 1. The highest BCUT2D eigenvalue weighted by Crippen LogP contribution is 2.28. The number of carbonyl (C=O) groups is 1. The SMILES string of the molecule is Cc1nc2ccccc2cc1C(=O)N[C@@H]1CC(Cn2cccn2)C[C@H]1O. The summed E-state index contributed by atoms with van der Waals surface area (Å²) in [6.07, 6.45) is 4.54. The summed E-state index contributed by atoms with van der Waals surface area (Å²) in [5.41, 5.74) is 2.13. The molecule has 134 valence electrons. The lowest BCUT2D eigenvalue weighted by Gasteiger charge is -2.17. The molecule has 0 aliphatic heterocycles. The first kappa shape index (κ1) is 16.7. The van der Waals surface area contributed by atoms with Crippen LogP contribution in [0.15, 0.2) is 48.8 Å². The predicted octanol–water partition coefficient (Wildman–Crippen LogP) is 2.31. The largest absolute Gasteiger partial charge is 0.391 e. The Bertz CT molecular complexity index is 923. The summed E-state index contributed by atoms with van der Waals surface area (Å²) in [6.45, 7) is 2.60. The number of benzene rings is 1. The van der Waals surface area contributed by atoms with Crippen LogP contribution in [-0.2, 0) is 6.54 Å². The first-order valence-electron chi connectivity index (χ1n) is 8.93. The van der Waals surface area contributed by atoms with E-state index in [2.05, 4.69) is 15.4 Å². The molecular weight excluding hydrogens is 328 g/mol. The first-order chi connectivity index (χ1) is 12.6. The van der Waals surface area contributed by atoms with Gasteiger partial charge in [0.1, 0.15) is 0 Å². The van der Waals surface area contributed by atoms with Gasteiger partial charge in [-0.3, -0.25) is 14.5 Å². The average molecular weight is 350 g/mol. The van der Waals surface area contributed by atoms with E-state index in [0.29, 0.717) is 23.6 Å². The van der Waals surface area contributed by atoms with Crippen molar-refractivity contribution in [1.82, 2.24) is 20.1 Å². The van der Waals surface area contributed by atoms with Gasteiger partial charge in [-0.25, -0.2) is 0 Å². The van der Waals surface area contributed by atoms with Gasteiger partial charge in [0.2, 0.25) is 0 Å². The molecule has 0 saturated heterocycles. The van der Waals surface area contributed by atoms with Crippen LogP contribution >= 0.6 is 0 Å². The normalized spacial score (nSPS) is 22.6. The van der Waals surface area contributed by atoms with E-state index in [1.165, 1.54) is 0 Å². The van der Waals surface area contributed by atoms with Crippen molar-refractivity contribution in [2.24, 2.45) is 5.92 Å². The summed E-state index contributed by atoms with van der Waals surface area (Å²) in [6, 6.07) is 11.3. The maximum absolute atomic E-state index is 12.8.